The fourth-order valence-electron chi connectivity index (χ4n) is 5.42. The maximum Gasteiger partial charge on any atom is 0.115 e. The molecule has 1 aromatic rings. The summed E-state index contributed by atoms with van der Waals surface area (Å²) in [6, 6.07) is 6.75. The van der Waals surface area contributed by atoms with Crippen molar-refractivity contribution >= 4 is 0 Å². The number of piperidine rings is 1. The van der Waals surface area contributed by atoms with Gasteiger partial charge in [-0.1, -0.05) is 71.8 Å². The molecule has 3 rings (SSSR count). The third kappa shape index (κ3) is 4.11. The maximum atomic E-state index is 9.96. The Morgan fingerprint density at radius 1 is 1.08 bits per heavy atom. The van der Waals surface area contributed by atoms with Crippen LogP contribution >= 0.6 is 0 Å². The first kappa shape index (κ1) is 19.7. The van der Waals surface area contributed by atoms with Gasteiger partial charge in [0, 0.05) is 6.04 Å². The van der Waals surface area contributed by atoms with E-state index in [0.717, 1.165) is 6.42 Å². The number of likely N-dealkylation sites (tertiary alicyclic amines) is 1. The lowest BCUT2D eigenvalue weighted by atomic mass is 9.59. The highest BCUT2D eigenvalue weighted by molar-refractivity contribution is 5.44. The van der Waals surface area contributed by atoms with E-state index in [1.807, 2.05) is 12.1 Å². The van der Waals surface area contributed by atoms with Crippen molar-refractivity contribution < 1.29 is 5.11 Å². The highest BCUT2D eigenvalue weighted by Crippen LogP contribution is 2.49. The van der Waals surface area contributed by atoms with Crippen LogP contribution in [0.1, 0.15) is 89.7 Å². The lowest BCUT2D eigenvalue weighted by molar-refractivity contribution is 0.0302. The van der Waals surface area contributed by atoms with Crippen molar-refractivity contribution in [2.75, 3.05) is 13.1 Å². The molecule has 1 N–H and O–H groups in total. The van der Waals surface area contributed by atoms with Crippen LogP contribution in [0.4, 0.5) is 0 Å². The van der Waals surface area contributed by atoms with E-state index in [4.69, 9.17) is 0 Å². The summed E-state index contributed by atoms with van der Waals surface area (Å²) in [6.45, 7) is 9.65. The third-order valence-corrected chi connectivity index (χ3v) is 7.41. The van der Waals surface area contributed by atoms with E-state index in [0.29, 0.717) is 17.7 Å². The number of phenolic OH excluding ortho intramolecular Hbond substituents is 1. The minimum atomic E-state index is 0.229. The molecule has 0 radical (unpaired) electrons. The Bertz CT molecular complexity index is 584. The maximum absolute atomic E-state index is 9.96. The lowest BCUT2D eigenvalue weighted by Crippen LogP contribution is -2.58. The molecule has 1 fully saturated rings. The molecule has 1 aliphatic heterocycles. The van der Waals surface area contributed by atoms with Crippen LogP contribution < -0.4 is 0 Å². The van der Waals surface area contributed by atoms with E-state index >= 15 is 0 Å². The van der Waals surface area contributed by atoms with Crippen LogP contribution in [0, 0.1) is 5.92 Å². The summed E-state index contributed by atoms with van der Waals surface area (Å²) in [5, 5.41) is 9.96. The molecule has 1 heterocycles. The van der Waals surface area contributed by atoms with Crippen LogP contribution in [0.5, 0.6) is 5.75 Å². The molecular formula is C24H39NO. The van der Waals surface area contributed by atoms with Gasteiger partial charge in [-0.15, -0.1) is 0 Å². The topological polar surface area (TPSA) is 23.5 Å². The Labute approximate surface area is 161 Å². The number of aromatic hydroxyl groups is 1. The largest absolute Gasteiger partial charge is 0.508 e. The Hall–Kier alpha value is -1.02. The summed E-state index contributed by atoms with van der Waals surface area (Å²) >= 11 is 0. The molecule has 2 aliphatic rings. The van der Waals surface area contributed by atoms with Gasteiger partial charge in [0.25, 0.3) is 0 Å². The van der Waals surface area contributed by atoms with Gasteiger partial charge in [-0.2, -0.15) is 0 Å². The molecule has 1 saturated heterocycles. The van der Waals surface area contributed by atoms with Crippen molar-refractivity contribution in [3.05, 3.63) is 29.3 Å². The molecule has 2 bridgehead atoms. The quantitative estimate of drug-likeness (QED) is 0.543. The monoisotopic (exact) mass is 357 g/mol. The molecule has 3 atom stereocenters. The Morgan fingerprint density at radius 3 is 2.50 bits per heavy atom. The first-order chi connectivity index (χ1) is 12.6. The van der Waals surface area contributed by atoms with Crippen molar-refractivity contribution in [2.24, 2.45) is 5.92 Å². The molecule has 2 heteroatoms. The molecule has 2 nitrogen and oxygen atoms in total. The molecule has 0 amide bonds. The number of fused-ring (bicyclic) bond motifs is 4. The second-order valence-corrected chi connectivity index (χ2v) is 9.08. The van der Waals surface area contributed by atoms with Crippen molar-refractivity contribution in [2.45, 2.75) is 96.4 Å². The highest BCUT2D eigenvalue weighted by atomic mass is 16.3. The van der Waals surface area contributed by atoms with Gasteiger partial charge in [0.2, 0.25) is 0 Å². The number of rotatable bonds is 9. The van der Waals surface area contributed by atoms with Crippen LogP contribution in [-0.2, 0) is 11.8 Å². The average molecular weight is 358 g/mol. The SMILES string of the molecule is CCCCCCCCCCN1CC[C@@]2(C)c3cc(O)ccc3C[C@@H]1[C@H]2C. The molecule has 1 aromatic carbocycles. The molecule has 0 aromatic heterocycles. The van der Waals surface area contributed by atoms with E-state index in [1.165, 1.54) is 82.0 Å². The highest BCUT2D eigenvalue weighted by Gasteiger charge is 2.48. The first-order valence-electron chi connectivity index (χ1n) is 11.1. The number of hydrogen-bond acceptors (Lipinski definition) is 2. The number of unbranched alkanes of at least 4 members (excludes halogenated alkanes) is 7. The number of hydrogen-bond donors (Lipinski definition) is 1. The Kier molecular flexibility index (Phi) is 6.66. The lowest BCUT2D eigenvalue weighted by Gasteiger charge is -2.54. The van der Waals surface area contributed by atoms with Gasteiger partial charge >= 0.3 is 0 Å². The minimum Gasteiger partial charge on any atom is -0.508 e. The summed E-state index contributed by atoms with van der Waals surface area (Å²) in [4.78, 5) is 2.78. The molecule has 0 unspecified atom stereocenters. The van der Waals surface area contributed by atoms with E-state index in [1.54, 1.807) is 0 Å². The fourth-order valence-corrected chi connectivity index (χ4v) is 5.42. The Morgan fingerprint density at radius 2 is 1.77 bits per heavy atom. The zero-order valence-electron chi connectivity index (χ0n) is 17.3. The smallest absolute Gasteiger partial charge is 0.115 e. The van der Waals surface area contributed by atoms with Crippen molar-refractivity contribution in [1.82, 2.24) is 4.90 Å². The third-order valence-electron chi connectivity index (χ3n) is 7.41. The van der Waals surface area contributed by atoms with E-state index in [-0.39, 0.29) is 5.41 Å². The van der Waals surface area contributed by atoms with Gasteiger partial charge < -0.3 is 5.11 Å². The molecule has 1 aliphatic carbocycles. The van der Waals surface area contributed by atoms with Crippen LogP contribution in [0.2, 0.25) is 0 Å². The molecule has 0 saturated carbocycles. The van der Waals surface area contributed by atoms with E-state index in [9.17, 15) is 5.11 Å². The van der Waals surface area contributed by atoms with Crippen LogP contribution in [0.3, 0.4) is 0 Å². The van der Waals surface area contributed by atoms with Gasteiger partial charge in [-0.05, 0) is 66.9 Å². The normalized spacial score (nSPS) is 28.1. The second kappa shape index (κ2) is 8.78. The minimum absolute atomic E-state index is 0.229. The van der Waals surface area contributed by atoms with Crippen LogP contribution in [0.25, 0.3) is 0 Å². The summed E-state index contributed by atoms with van der Waals surface area (Å²) in [5.41, 5.74) is 3.11. The van der Waals surface area contributed by atoms with Gasteiger partial charge in [-0.25, -0.2) is 0 Å². The fraction of sp³-hybridized carbons (Fsp3) is 0.750. The predicted molar refractivity (Wildman–Crippen MR) is 111 cm³/mol. The van der Waals surface area contributed by atoms with Crippen molar-refractivity contribution in [1.29, 1.82) is 0 Å². The number of benzene rings is 1. The molecule has 26 heavy (non-hydrogen) atoms. The van der Waals surface area contributed by atoms with Gasteiger partial charge in [0.05, 0.1) is 0 Å². The van der Waals surface area contributed by atoms with Gasteiger partial charge in [-0.3, -0.25) is 4.90 Å². The molecule has 146 valence electrons. The van der Waals surface area contributed by atoms with E-state index in [2.05, 4.69) is 31.7 Å². The summed E-state index contributed by atoms with van der Waals surface area (Å²) in [6.07, 6.45) is 13.6. The van der Waals surface area contributed by atoms with Crippen molar-refractivity contribution in [3.8, 4) is 5.75 Å². The standard InChI is InChI=1S/C24H39NO/c1-4-5-6-7-8-9-10-11-15-25-16-14-24(3)19(2)23(25)17-20-12-13-21(26)18-22(20)24/h12-13,18-19,23,26H,4-11,14-17H2,1-3H3/t19-,23-,24-/m1/s1. The van der Waals surface area contributed by atoms with Crippen LogP contribution in [0.15, 0.2) is 18.2 Å². The average Bonchev–Trinajstić information content (AvgIpc) is 2.63. The second-order valence-electron chi connectivity index (χ2n) is 9.08. The zero-order valence-corrected chi connectivity index (χ0v) is 17.3. The van der Waals surface area contributed by atoms with Gasteiger partial charge in [0.15, 0.2) is 0 Å². The number of nitrogens with zero attached hydrogens (tertiary/aromatic N) is 1. The number of phenols is 1. The summed E-state index contributed by atoms with van der Waals surface area (Å²) < 4.78 is 0. The Balaban J connectivity index is 1.51. The zero-order chi connectivity index (χ0) is 18.6. The van der Waals surface area contributed by atoms with Crippen LogP contribution in [-0.4, -0.2) is 29.1 Å². The van der Waals surface area contributed by atoms with E-state index < -0.39 is 0 Å². The summed E-state index contributed by atoms with van der Waals surface area (Å²) in [5.74, 6) is 1.09. The molecular weight excluding hydrogens is 318 g/mol. The van der Waals surface area contributed by atoms with Gasteiger partial charge in [0.1, 0.15) is 5.75 Å². The van der Waals surface area contributed by atoms with Crippen molar-refractivity contribution in [3.63, 3.8) is 0 Å². The predicted octanol–water partition coefficient (Wildman–Crippen LogP) is 6.06. The molecule has 0 spiro atoms. The first-order valence-corrected chi connectivity index (χ1v) is 11.1. The summed E-state index contributed by atoms with van der Waals surface area (Å²) in [7, 11) is 0.